The van der Waals surface area contributed by atoms with Crippen LogP contribution in [0.15, 0.2) is 0 Å². The maximum Gasteiger partial charge on any atom is 0.390 e. The Morgan fingerprint density at radius 3 is 2.00 bits per heavy atom. The summed E-state index contributed by atoms with van der Waals surface area (Å²) >= 11 is 0. The Morgan fingerprint density at radius 2 is 1.67 bits per heavy atom. The minimum absolute atomic E-state index is 0.133. The average Bonchev–Trinajstić information content (AvgIpc) is 1.96. The van der Waals surface area contributed by atoms with Crippen molar-refractivity contribution < 1.29 is 13.2 Å². The van der Waals surface area contributed by atoms with Crippen LogP contribution in [0.2, 0.25) is 0 Å². The zero-order valence-electron chi connectivity index (χ0n) is 7.62. The van der Waals surface area contributed by atoms with Crippen LogP contribution in [0.5, 0.6) is 0 Å². The zero-order valence-corrected chi connectivity index (χ0v) is 7.62. The third-order valence-corrected chi connectivity index (χ3v) is 1.70. The molecular weight excluding hydrogens is 167 g/mol. The monoisotopic (exact) mass is 183 g/mol. The van der Waals surface area contributed by atoms with Crippen molar-refractivity contribution in [2.45, 2.75) is 32.9 Å². The number of hydrogen-bond donors (Lipinski definition) is 0. The number of rotatable bonds is 5. The van der Waals surface area contributed by atoms with Crippen molar-refractivity contribution in [3.8, 4) is 0 Å². The van der Waals surface area contributed by atoms with Crippen molar-refractivity contribution in [3.05, 3.63) is 0 Å². The van der Waals surface area contributed by atoms with Crippen LogP contribution in [-0.4, -0.2) is 30.7 Å². The number of halogens is 3. The summed E-state index contributed by atoms with van der Waals surface area (Å²) in [5.41, 5.74) is 0. The van der Waals surface area contributed by atoms with Crippen LogP contribution >= 0.6 is 0 Å². The summed E-state index contributed by atoms with van der Waals surface area (Å²) in [7, 11) is 0. The van der Waals surface area contributed by atoms with Gasteiger partial charge in [0.1, 0.15) is 0 Å². The molecule has 0 heterocycles. The zero-order chi connectivity index (χ0) is 9.61. The molecule has 0 N–H and O–H groups in total. The molecule has 0 aliphatic carbocycles. The van der Waals surface area contributed by atoms with Crippen LogP contribution in [0.3, 0.4) is 0 Å². The van der Waals surface area contributed by atoms with E-state index in [2.05, 4.69) is 0 Å². The summed E-state index contributed by atoms with van der Waals surface area (Å²) < 4.78 is 35.3. The van der Waals surface area contributed by atoms with Gasteiger partial charge in [0.2, 0.25) is 0 Å². The van der Waals surface area contributed by atoms with E-state index in [0.29, 0.717) is 6.54 Å². The molecule has 0 fully saturated rings. The number of alkyl halides is 3. The van der Waals surface area contributed by atoms with E-state index in [1.54, 1.807) is 0 Å². The molecule has 0 radical (unpaired) electrons. The number of nitrogens with zero attached hydrogens (tertiary/aromatic N) is 1. The average molecular weight is 183 g/mol. The van der Waals surface area contributed by atoms with E-state index >= 15 is 0 Å². The maximum atomic E-state index is 11.8. The van der Waals surface area contributed by atoms with Gasteiger partial charge in [0.15, 0.2) is 0 Å². The largest absolute Gasteiger partial charge is 0.390 e. The Kier molecular flexibility index (Phi) is 5.29. The van der Waals surface area contributed by atoms with Gasteiger partial charge in [-0.3, -0.25) is 0 Å². The lowest BCUT2D eigenvalue weighted by Gasteiger charge is -2.19. The van der Waals surface area contributed by atoms with Crippen molar-refractivity contribution in [2.24, 2.45) is 0 Å². The second-order valence-electron chi connectivity index (χ2n) is 2.80. The lowest BCUT2D eigenvalue weighted by atomic mass is 10.3. The Hall–Kier alpha value is -0.250. The Balaban J connectivity index is 3.58. The quantitative estimate of drug-likeness (QED) is 0.633. The highest BCUT2D eigenvalue weighted by molar-refractivity contribution is 4.58. The van der Waals surface area contributed by atoms with Gasteiger partial charge in [-0.1, -0.05) is 13.8 Å². The molecule has 12 heavy (non-hydrogen) atoms. The fraction of sp³-hybridized carbons (Fsp3) is 1.00. The predicted molar refractivity (Wildman–Crippen MR) is 43.1 cm³/mol. The van der Waals surface area contributed by atoms with Crippen molar-refractivity contribution in [1.82, 2.24) is 4.90 Å². The van der Waals surface area contributed by atoms with Crippen LogP contribution < -0.4 is 0 Å². The lowest BCUT2D eigenvalue weighted by Crippen LogP contribution is -2.28. The van der Waals surface area contributed by atoms with Gasteiger partial charge in [0, 0.05) is 6.54 Å². The first-order valence-corrected chi connectivity index (χ1v) is 4.28. The van der Waals surface area contributed by atoms with Crippen molar-refractivity contribution in [1.29, 1.82) is 0 Å². The van der Waals surface area contributed by atoms with Crippen molar-refractivity contribution in [3.63, 3.8) is 0 Å². The highest BCUT2D eigenvalue weighted by Crippen LogP contribution is 2.19. The Bertz CT molecular complexity index is 111. The third-order valence-electron chi connectivity index (χ3n) is 1.70. The predicted octanol–water partition coefficient (Wildman–Crippen LogP) is 2.67. The maximum absolute atomic E-state index is 11.8. The van der Waals surface area contributed by atoms with E-state index < -0.39 is 12.6 Å². The van der Waals surface area contributed by atoms with E-state index in [9.17, 15) is 13.2 Å². The molecule has 74 valence electrons. The first-order valence-electron chi connectivity index (χ1n) is 4.28. The molecule has 0 aromatic carbocycles. The molecule has 0 saturated heterocycles. The standard InChI is InChI=1S/C8H16F3N/c1-3-6-12(4-2)7-5-8(9,10)11/h3-7H2,1-2H3. The molecule has 0 rings (SSSR count). The lowest BCUT2D eigenvalue weighted by molar-refractivity contribution is -0.137. The molecule has 0 atom stereocenters. The molecule has 0 aromatic heterocycles. The van der Waals surface area contributed by atoms with Gasteiger partial charge < -0.3 is 4.90 Å². The molecule has 1 nitrogen and oxygen atoms in total. The summed E-state index contributed by atoms with van der Waals surface area (Å²) in [5, 5.41) is 0. The van der Waals surface area contributed by atoms with Crippen LogP contribution in [-0.2, 0) is 0 Å². The summed E-state index contributed by atoms with van der Waals surface area (Å²) in [6, 6.07) is 0. The molecule has 0 saturated carbocycles. The summed E-state index contributed by atoms with van der Waals surface area (Å²) in [4.78, 5) is 1.81. The van der Waals surface area contributed by atoms with Gasteiger partial charge in [-0.25, -0.2) is 0 Å². The van der Waals surface area contributed by atoms with Crippen molar-refractivity contribution in [2.75, 3.05) is 19.6 Å². The SMILES string of the molecule is CCCN(CC)CCC(F)(F)F. The van der Waals surface area contributed by atoms with Gasteiger partial charge in [0.05, 0.1) is 6.42 Å². The first-order chi connectivity index (χ1) is 5.49. The highest BCUT2D eigenvalue weighted by atomic mass is 19.4. The minimum atomic E-state index is -4.01. The van der Waals surface area contributed by atoms with E-state index in [1.807, 2.05) is 18.7 Å². The van der Waals surface area contributed by atoms with Gasteiger partial charge in [0.25, 0.3) is 0 Å². The van der Waals surface area contributed by atoms with Crippen LogP contribution in [0.4, 0.5) is 13.2 Å². The molecule has 4 heteroatoms. The molecule has 0 bridgehead atoms. The minimum Gasteiger partial charge on any atom is -0.303 e. The topological polar surface area (TPSA) is 3.24 Å². The first kappa shape index (κ1) is 11.8. The molecule has 0 spiro atoms. The molecule has 0 amide bonds. The third kappa shape index (κ3) is 6.46. The van der Waals surface area contributed by atoms with Crippen LogP contribution in [0.1, 0.15) is 26.7 Å². The summed E-state index contributed by atoms with van der Waals surface area (Å²) in [6.07, 6.45) is -3.80. The molecule has 0 aliphatic rings. The fourth-order valence-corrected chi connectivity index (χ4v) is 1.03. The number of hydrogen-bond acceptors (Lipinski definition) is 1. The second kappa shape index (κ2) is 5.41. The van der Waals surface area contributed by atoms with E-state index in [0.717, 1.165) is 13.0 Å². The highest BCUT2D eigenvalue weighted by Gasteiger charge is 2.27. The molecule has 0 unspecified atom stereocenters. The van der Waals surface area contributed by atoms with E-state index in [-0.39, 0.29) is 6.54 Å². The smallest absolute Gasteiger partial charge is 0.303 e. The van der Waals surface area contributed by atoms with Gasteiger partial charge in [-0.05, 0) is 19.5 Å². The van der Waals surface area contributed by atoms with Gasteiger partial charge in [-0.2, -0.15) is 13.2 Å². The van der Waals surface area contributed by atoms with Crippen LogP contribution in [0, 0.1) is 0 Å². The second-order valence-corrected chi connectivity index (χ2v) is 2.80. The van der Waals surface area contributed by atoms with Gasteiger partial charge in [-0.15, -0.1) is 0 Å². The molecular formula is C8H16F3N. The fourth-order valence-electron chi connectivity index (χ4n) is 1.03. The van der Waals surface area contributed by atoms with E-state index in [1.165, 1.54) is 0 Å². The summed E-state index contributed by atoms with van der Waals surface area (Å²) in [6.45, 7) is 5.44. The Morgan fingerprint density at radius 1 is 1.08 bits per heavy atom. The van der Waals surface area contributed by atoms with Crippen LogP contribution in [0.25, 0.3) is 0 Å². The van der Waals surface area contributed by atoms with Crippen molar-refractivity contribution >= 4 is 0 Å². The molecule has 0 aromatic rings. The summed E-state index contributed by atoms with van der Waals surface area (Å²) in [5.74, 6) is 0. The van der Waals surface area contributed by atoms with Gasteiger partial charge >= 0.3 is 6.18 Å². The Labute approximate surface area is 71.6 Å². The van der Waals surface area contributed by atoms with E-state index in [4.69, 9.17) is 0 Å². The molecule has 0 aliphatic heterocycles. The normalized spacial score (nSPS) is 12.5.